The van der Waals surface area contributed by atoms with Gasteiger partial charge in [-0.05, 0) is 180 Å². The van der Waals surface area contributed by atoms with Crippen LogP contribution in [-0.2, 0) is 22.5 Å². The molecule has 3 saturated carbocycles. The molecule has 11 heteroatoms. The average Bonchev–Trinajstić information content (AvgIpc) is 3.16. The van der Waals surface area contributed by atoms with Crippen LogP contribution in [0.3, 0.4) is 0 Å². The molecule has 0 unspecified atom stereocenters. The van der Waals surface area contributed by atoms with E-state index < -0.39 is 49.9 Å². The Balaban J connectivity index is 1.68. The molecule has 3 fully saturated rings. The molecule has 4 aliphatic rings. The highest BCUT2D eigenvalue weighted by Gasteiger charge is 2.69. The van der Waals surface area contributed by atoms with Crippen molar-refractivity contribution in [1.29, 1.82) is 0 Å². The van der Waals surface area contributed by atoms with E-state index in [-0.39, 0.29) is 52.9 Å². The Morgan fingerprint density at radius 2 is 1.38 bits per heavy atom. The Hall–Kier alpha value is 0.0375. The summed E-state index contributed by atoms with van der Waals surface area (Å²) < 4.78 is 27.1. The van der Waals surface area contributed by atoms with Crippen LogP contribution >= 0.6 is 0 Å². The van der Waals surface area contributed by atoms with E-state index in [4.69, 9.17) is 17.7 Å². The zero-order chi connectivity index (χ0) is 38.3. The molecule has 0 heterocycles. The van der Waals surface area contributed by atoms with E-state index in [1.54, 1.807) is 0 Å². The standard InChI is InChI=1S/C39H76O7Si4/c1-35(2,46-50(15,16)17)21-20-34(45-49(12,13)14)38(5,41)33-19-23-39(42)28-24-30(40)29-25-31(43-47(6,7)8)32(44-48(9,10)11)26-36(29,3)27(28)18-22-37(33,39)4/h24,27,29,31-34,41-42H,18-23,25-26H2,1-17H3/t27-,29-,31+,32-,33-,34+,36+,37+,38+,39+/m0/s1. The maximum absolute atomic E-state index is 14.3. The Bertz CT molecular complexity index is 1290. The minimum absolute atomic E-state index is 0.0598. The summed E-state index contributed by atoms with van der Waals surface area (Å²) in [5, 5.41) is 25.8. The maximum atomic E-state index is 14.3. The lowest BCUT2D eigenvalue weighted by molar-refractivity contribution is -0.173. The number of aliphatic hydroxyl groups is 2. The van der Waals surface area contributed by atoms with Gasteiger partial charge in [0.15, 0.2) is 39.1 Å². The molecule has 0 saturated heterocycles. The molecule has 0 spiro atoms. The van der Waals surface area contributed by atoms with Crippen molar-refractivity contribution in [2.24, 2.45) is 28.6 Å². The van der Waals surface area contributed by atoms with Gasteiger partial charge in [0, 0.05) is 11.3 Å². The molecule has 0 aliphatic heterocycles. The van der Waals surface area contributed by atoms with Crippen molar-refractivity contribution in [3.05, 3.63) is 11.6 Å². The Labute approximate surface area is 310 Å². The van der Waals surface area contributed by atoms with Gasteiger partial charge in [-0.15, -0.1) is 0 Å². The fourth-order valence-corrected chi connectivity index (χ4v) is 16.2. The summed E-state index contributed by atoms with van der Waals surface area (Å²) in [5.41, 5.74) is -2.67. The van der Waals surface area contributed by atoms with Gasteiger partial charge in [-0.1, -0.05) is 13.8 Å². The average molecular weight is 769 g/mol. The van der Waals surface area contributed by atoms with Crippen LogP contribution in [-0.4, -0.2) is 84.4 Å². The third-order valence-electron chi connectivity index (χ3n) is 12.5. The minimum atomic E-state index is -2.05. The van der Waals surface area contributed by atoms with E-state index in [1.165, 1.54) is 0 Å². The first-order chi connectivity index (χ1) is 22.2. The predicted octanol–water partition coefficient (Wildman–Crippen LogP) is 9.29. The monoisotopic (exact) mass is 768 g/mol. The highest BCUT2D eigenvalue weighted by atomic mass is 28.4. The molecule has 0 aromatic carbocycles. The molecule has 7 nitrogen and oxygen atoms in total. The van der Waals surface area contributed by atoms with Gasteiger partial charge in [0.25, 0.3) is 0 Å². The molecular weight excluding hydrogens is 693 g/mol. The number of carbonyl (C=O) groups is 1. The third-order valence-corrected chi connectivity index (χ3v) is 16.7. The SMILES string of the molecule is CC(C)(CC[C@@H](O[Si](C)(C)C)[C@](C)(O)[C@H]1CC[C@@]2(O)C3=CC(=O)[C@@H]4C[C@@H](O[Si](C)(C)C)[C@@H](O[Si](C)(C)C)C[C@]4(C)[C@H]3CC[C@]12C)O[Si](C)(C)C. The lowest BCUT2D eigenvalue weighted by atomic mass is 9.45. The smallest absolute Gasteiger partial charge is 0.184 e. The summed E-state index contributed by atoms with van der Waals surface area (Å²) in [6.07, 6.45) is 7.13. The Morgan fingerprint density at radius 3 is 1.90 bits per heavy atom. The molecule has 2 N–H and O–H groups in total. The Kier molecular flexibility index (Phi) is 11.7. The summed E-state index contributed by atoms with van der Waals surface area (Å²) >= 11 is 0. The van der Waals surface area contributed by atoms with Crippen molar-refractivity contribution in [1.82, 2.24) is 0 Å². The van der Waals surface area contributed by atoms with Crippen molar-refractivity contribution in [3.8, 4) is 0 Å². The summed E-state index contributed by atoms with van der Waals surface area (Å²) in [6.45, 7) is 37.4. The number of hydrogen-bond donors (Lipinski definition) is 2. The number of hydrogen-bond acceptors (Lipinski definition) is 7. The molecule has 290 valence electrons. The van der Waals surface area contributed by atoms with Gasteiger partial charge < -0.3 is 27.9 Å². The molecule has 0 radical (unpaired) electrons. The van der Waals surface area contributed by atoms with Crippen LogP contribution in [0, 0.1) is 28.6 Å². The van der Waals surface area contributed by atoms with E-state index in [0.29, 0.717) is 25.7 Å². The van der Waals surface area contributed by atoms with E-state index in [0.717, 1.165) is 31.3 Å². The molecular formula is C39H76O7Si4. The third kappa shape index (κ3) is 8.94. The number of fused-ring (bicyclic) bond motifs is 5. The fourth-order valence-electron chi connectivity index (χ4n) is 10.9. The molecule has 0 bridgehead atoms. The topological polar surface area (TPSA) is 94.5 Å². The van der Waals surface area contributed by atoms with Crippen LogP contribution in [0.1, 0.15) is 86.0 Å². The van der Waals surface area contributed by atoms with Gasteiger partial charge in [-0.25, -0.2) is 0 Å². The first kappa shape index (κ1) is 42.8. The maximum Gasteiger partial charge on any atom is 0.184 e. The lowest BCUT2D eigenvalue weighted by Crippen LogP contribution is -2.64. The van der Waals surface area contributed by atoms with Crippen molar-refractivity contribution in [3.63, 3.8) is 0 Å². The largest absolute Gasteiger partial charge is 0.413 e. The molecule has 0 aromatic rings. The second-order valence-electron chi connectivity index (χ2n) is 22.0. The van der Waals surface area contributed by atoms with Gasteiger partial charge >= 0.3 is 0 Å². The second kappa shape index (κ2) is 13.7. The molecule has 4 aliphatic carbocycles. The molecule has 10 atom stereocenters. The van der Waals surface area contributed by atoms with Crippen molar-refractivity contribution in [2.75, 3.05) is 0 Å². The quantitative estimate of drug-likeness (QED) is 0.181. The molecule has 0 amide bonds. The van der Waals surface area contributed by atoms with Gasteiger partial charge in [0.2, 0.25) is 0 Å². The van der Waals surface area contributed by atoms with Gasteiger partial charge in [0.1, 0.15) is 0 Å². The van der Waals surface area contributed by atoms with Gasteiger partial charge in [-0.2, -0.15) is 0 Å². The van der Waals surface area contributed by atoms with E-state index in [9.17, 15) is 15.0 Å². The highest BCUT2D eigenvalue weighted by Crippen LogP contribution is 2.69. The lowest BCUT2D eigenvalue weighted by Gasteiger charge is -2.61. The van der Waals surface area contributed by atoms with E-state index in [2.05, 4.69) is 106 Å². The summed E-state index contributed by atoms with van der Waals surface area (Å²) in [7, 11) is -7.61. The normalized spacial score (nSPS) is 37.4. The van der Waals surface area contributed by atoms with E-state index in [1.807, 2.05) is 13.0 Å². The molecule has 4 rings (SSSR count). The second-order valence-corrected chi connectivity index (χ2v) is 39.8. The van der Waals surface area contributed by atoms with Crippen molar-refractivity contribution >= 4 is 39.1 Å². The number of carbonyl (C=O) groups excluding carboxylic acids is 1. The first-order valence-electron chi connectivity index (χ1n) is 19.7. The minimum Gasteiger partial charge on any atom is -0.413 e. The van der Waals surface area contributed by atoms with E-state index >= 15 is 0 Å². The highest BCUT2D eigenvalue weighted by molar-refractivity contribution is 6.71. The van der Waals surface area contributed by atoms with Gasteiger partial charge in [0.05, 0.1) is 35.1 Å². The molecule has 0 aromatic heterocycles. The van der Waals surface area contributed by atoms with Gasteiger partial charge in [-0.3, -0.25) is 4.79 Å². The van der Waals surface area contributed by atoms with Crippen LogP contribution in [0.15, 0.2) is 11.6 Å². The number of allylic oxidation sites excluding steroid dienone is 1. The van der Waals surface area contributed by atoms with Crippen LogP contribution in [0.5, 0.6) is 0 Å². The summed E-state index contributed by atoms with van der Waals surface area (Å²) in [4.78, 5) is 14.3. The molecule has 50 heavy (non-hydrogen) atoms. The van der Waals surface area contributed by atoms with Crippen LogP contribution in [0.25, 0.3) is 0 Å². The van der Waals surface area contributed by atoms with Crippen LogP contribution in [0.2, 0.25) is 78.6 Å². The fraction of sp³-hybridized carbons (Fsp3) is 0.923. The zero-order valence-electron chi connectivity index (χ0n) is 35.1. The predicted molar refractivity (Wildman–Crippen MR) is 215 cm³/mol. The van der Waals surface area contributed by atoms with Crippen molar-refractivity contribution < 1.29 is 32.7 Å². The zero-order valence-corrected chi connectivity index (χ0v) is 39.1. The van der Waals surface area contributed by atoms with Crippen molar-refractivity contribution in [2.45, 2.75) is 200 Å². The number of rotatable bonds is 13. The van der Waals surface area contributed by atoms with Crippen LogP contribution in [0.4, 0.5) is 0 Å². The number of ketones is 1. The summed E-state index contributed by atoms with van der Waals surface area (Å²) in [5.74, 6) is -0.120. The Morgan fingerprint density at radius 1 is 0.820 bits per heavy atom. The van der Waals surface area contributed by atoms with Crippen LogP contribution < -0.4 is 0 Å². The first-order valence-corrected chi connectivity index (χ1v) is 33.3. The summed E-state index contributed by atoms with van der Waals surface area (Å²) in [6, 6.07) is 0.